The number of ether oxygens (including phenoxy) is 2. The number of esters is 1. The second-order valence-corrected chi connectivity index (χ2v) is 8.44. The molecular formula is C26H27N5O4. The van der Waals surface area contributed by atoms with Crippen LogP contribution in [0.3, 0.4) is 0 Å². The monoisotopic (exact) mass is 473 g/mol. The Labute approximate surface area is 202 Å². The van der Waals surface area contributed by atoms with Gasteiger partial charge < -0.3 is 19.9 Å². The predicted octanol–water partition coefficient (Wildman–Crippen LogP) is 3.53. The van der Waals surface area contributed by atoms with E-state index in [2.05, 4.69) is 44.5 Å². The molecule has 35 heavy (non-hydrogen) atoms. The van der Waals surface area contributed by atoms with Gasteiger partial charge in [-0.25, -0.2) is 19.7 Å². The van der Waals surface area contributed by atoms with Crippen LogP contribution in [0.1, 0.15) is 46.7 Å². The molecule has 0 bridgehead atoms. The maximum atomic E-state index is 12.4. The van der Waals surface area contributed by atoms with Crippen LogP contribution in [0, 0.1) is 0 Å². The van der Waals surface area contributed by atoms with Crippen LogP contribution in [-0.4, -0.2) is 57.0 Å². The van der Waals surface area contributed by atoms with Gasteiger partial charge in [-0.15, -0.1) is 0 Å². The van der Waals surface area contributed by atoms with E-state index in [-0.39, 0.29) is 30.7 Å². The first kappa shape index (κ1) is 22.9. The number of nitrogens with one attached hydrogen (secondary N) is 1. The van der Waals surface area contributed by atoms with Crippen molar-refractivity contribution >= 4 is 23.0 Å². The van der Waals surface area contributed by atoms with Gasteiger partial charge in [0, 0.05) is 12.5 Å². The number of carbonyl (C=O) groups is 1. The molecular weight excluding hydrogens is 446 g/mol. The normalized spacial score (nSPS) is 17.7. The quantitative estimate of drug-likeness (QED) is 0.374. The minimum atomic E-state index is -0.633. The van der Waals surface area contributed by atoms with Crippen LogP contribution in [0.2, 0.25) is 0 Å². The van der Waals surface area contributed by atoms with Crippen LogP contribution >= 0.6 is 0 Å². The average molecular weight is 474 g/mol. The maximum Gasteiger partial charge on any atom is 0.376 e. The molecule has 1 fully saturated rings. The molecule has 0 saturated carbocycles. The Morgan fingerprint density at radius 2 is 1.80 bits per heavy atom. The number of methoxy groups -OCH3 is 1. The molecule has 1 aliphatic heterocycles. The highest BCUT2D eigenvalue weighted by Gasteiger charge is 2.29. The molecule has 2 unspecified atom stereocenters. The van der Waals surface area contributed by atoms with Crippen molar-refractivity contribution in [1.82, 2.24) is 19.5 Å². The summed E-state index contributed by atoms with van der Waals surface area (Å²) in [5, 5.41) is 12.9. The van der Waals surface area contributed by atoms with Crippen molar-refractivity contribution in [2.45, 2.75) is 31.1 Å². The van der Waals surface area contributed by atoms with Crippen molar-refractivity contribution in [3.63, 3.8) is 0 Å². The van der Waals surface area contributed by atoms with Gasteiger partial charge in [-0.05, 0) is 24.0 Å². The standard InChI is InChI=1S/C26H27N5O4/c1-34-26(33)24-29-23(22-25(30-24)31(16-28-22)21-13-12-19(15-32)35-21)27-14-20(17-8-4-2-5-9-17)18-10-6-3-7-11-18/h2-11,16,19-21,32H,12-15H2,1H3,(H,27,29,30). The van der Waals surface area contributed by atoms with E-state index in [1.165, 1.54) is 7.11 Å². The Kier molecular flexibility index (Phi) is 6.69. The molecule has 5 rings (SSSR count). The van der Waals surface area contributed by atoms with Crippen molar-refractivity contribution in [2.24, 2.45) is 0 Å². The van der Waals surface area contributed by atoms with Crippen LogP contribution in [-0.2, 0) is 9.47 Å². The predicted molar refractivity (Wildman–Crippen MR) is 130 cm³/mol. The Hall–Kier alpha value is -3.82. The highest BCUT2D eigenvalue weighted by atomic mass is 16.5. The summed E-state index contributed by atoms with van der Waals surface area (Å²) in [4.78, 5) is 25.8. The highest BCUT2D eigenvalue weighted by molar-refractivity contribution is 5.91. The van der Waals surface area contributed by atoms with Crippen molar-refractivity contribution in [3.05, 3.63) is 83.9 Å². The molecule has 180 valence electrons. The number of hydrogen-bond acceptors (Lipinski definition) is 8. The highest BCUT2D eigenvalue weighted by Crippen LogP contribution is 2.32. The summed E-state index contributed by atoms with van der Waals surface area (Å²) in [6, 6.07) is 20.5. The van der Waals surface area contributed by atoms with Gasteiger partial charge in [0.2, 0.25) is 5.82 Å². The van der Waals surface area contributed by atoms with E-state index >= 15 is 0 Å². The lowest BCUT2D eigenvalue weighted by Gasteiger charge is -2.19. The van der Waals surface area contributed by atoms with Crippen molar-refractivity contribution in [3.8, 4) is 0 Å². The van der Waals surface area contributed by atoms with E-state index in [9.17, 15) is 9.90 Å². The molecule has 2 aromatic carbocycles. The molecule has 0 spiro atoms. The van der Waals surface area contributed by atoms with Gasteiger partial charge in [-0.3, -0.25) is 4.57 Å². The molecule has 2 aromatic heterocycles. The SMILES string of the molecule is COC(=O)c1nc(NCC(c2ccccc2)c2ccccc2)c2ncn(C3CCC(CO)O3)c2n1. The number of benzene rings is 2. The maximum absolute atomic E-state index is 12.4. The number of rotatable bonds is 8. The van der Waals surface area contributed by atoms with Crippen LogP contribution in [0.5, 0.6) is 0 Å². The molecule has 1 saturated heterocycles. The average Bonchev–Trinajstić information content (AvgIpc) is 3.56. The topological polar surface area (TPSA) is 111 Å². The number of aliphatic hydroxyl groups is 1. The second-order valence-electron chi connectivity index (χ2n) is 8.44. The summed E-state index contributed by atoms with van der Waals surface area (Å²) in [6.07, 6.45) is 2.53. The molecule has 2 atom stereocenters. The van der Waals surface area contributed by atoms with Crippen LogP contribution in [0.15, 0.2) is 67.0 Å². The van der Waals surface area contributed by atoms with E-state index in [0.29, 0.717) is 29.9 Å². The van der Waals surface area contributed by atoms with Gasteiger partial charge in [-0.2, -0.15) is 0 Å². The molecule has 0 aliphatic carbocycles. The Morgan fingerprint density at radius 1 is 1.11 bits per heavy atom. The summed E-state index contributed by atoms with van der Waals surface area (Å²) in [6.45, 7) is 0.485. The molecule has 0 radical (unpaired) electrons. The van der Waals surface area contributed by atoms with E-state index < -0.39 is 5.97 Å². The molecule has 4 aromatic rings. The first-order chi connectivity index (χ1) is 17.2. The first-order valence-electron chi connectivity index (χ1n) is 11.6. The summed E-state index contributed by atoms with van der Waals surface area (Å²) >= 11 is 0. The molecule has 2 N–H and O–H groups in total. The Bertz CT molecular complexity index is 1260. The molecule has 9 nitrogen and oxygen atoms in total. The third-order valence-corrected chi connectivity index (χ3v) is 6.27. The largest absolute Gasteiger partial charge is 0.463 e. The third-order valence-electron chi connectivity index (χ3n) is 6.27. The first-order valence-corrected chi connectivity index (χ1v) is 11.6. The number of anilines is 1. The van der Waals surface area contributed by atoms with Gasteiger partial charge >= 0.3 is 5.97 Å². The third kappa shape index (κ3) is 4.73. The lowest BCUT2D eigenvalue weighted by molar-refractivity contribution is -0.0207. The van der Waals surface area contributed by atoms with Crippen molar-refractivity contribution < 1.29 is 19.4 Å². The molecule has 1 aliphatic rings. The summed E-state index contributed by atoms with van der Waals surface area (Å²) < 4.78 is 12.6. The zero-order valence-corrected chi connectivity index (χ0v) is 19.4. The van der Waals surface area contributed by atoms with Crippen LogP contribution < -0.4 is 5.32 Å². The molecule has 3 heterocycles. The Morgan fingerprint density at radius 3 is 2.40 bits per heavy atom. The van der Waals surface area contributed by atoms with Gasteiger partial charge in [0.25, 0.3) is 0 Å². The van der Waals surface area contributed by atoms with Gasteiger partial charge in [-0.1, -0.05) is 60.7 Å². The van der Waals surface area contributed by atoms with E-state index in [4.69, 9.17) is 9.47 Å². The summed E-state index contributed by atoms with van der Waals surface area (Å²) in [5.74, 6) is -0.194. The second kappa shape index (κ2) is 10.2. The zero-order chi connectivity index (χ0) is 24.2. The number of fused-ring (bicyclic) bond motifs is 1. The van der Waals surface area contributed by atoms with Crippen LogP contribution in [0.4, 0.5) is 5.82 Å². The Balaban J connectivity index is 1.51. The molecule has 0 amide bonds. The molecule has 9 heteroatoms. The van der Waals surface area contributed by atoms with E-state index in [0.717, 1.165) is 17.5 Å². The fourth-order valence-electron chi connectivity index (χ4n) is 4.46. The number of aliphatic hydroxyl groups excluding tert-OH is 1. The smallest absolute Gasteiger partial charge is 0.376 e. The van der Waals surface area contributed by atoms with E-state index in [1.54, 1.807) is 10.9 Å². The lowest BCUT2D eigenvalue weighted by atomic mass is 9.91. The van der Waals surface area contributed by atoms with Gasteiger partial charge in [0.15, 0.2) is 17.0 Å². The number of aromatic nitrogens is 4. The fourth-order valence-corrected chi connectivity index (χ4v) is 4.46. The number of nitrogens with zero attached hydrogens (tertiary/aromatic N) is 4. The minimum absolute atomic E-state index is 0.0430. The summed E-state index contributed by atoms with van der Waals surface area (Å²) in [5.41, 5.74) is 3.32. The van der Waals surface area contributed by atoms with Crippen molar-refractivity contribution in [2.75, 3.05) is 25.6 Å². The van der Waals surface area contributed by atoms with Crippen molar-refractivity contribution in [1.29, 1.82) is 0 Å². The van der Waals surface area contributed by atoms with E-state index in [1.807, 2.05) is 36.4 Å². The lowest BCUT2D eigenvalue weighted by Crippen LogP contribution is -2.18. The van der Waals surface area contributed by atoms with Crippen LogP contribution in [0.25, 0.3) is 11.2 Å². The van der Waals surface area contributed by atoms with Gasteiger partial charge in [0.1, 0.15) is 6.23 Å². The fraction of sp³-hybridized carbons (Fsp3) is 0.308. The number of hydrogen-bond donors (Lipinski definition) is 2. The zero-order valence-electron chi connectivity index (χ0n) is 19.4. The van der Waals surface area contributed by atoms with Gasteiger partial charge in [0.05, 0.1) is 26.1 Å². The minimum Gasteiger partial charge on any atom is -0.463 e. The number of imidazole rings is 1. The number of carbonyl (C=O) groups excluding carboxylic acids is 1. The summed E-state index contributed by atoms with van der Waals surface area (Å²) in [7, 11) is 1.30.